The molecule has 100 valence electrons. The molecule has 1 atom stereocenters. The predicted molar refractivity (Wildman–Crippen MR) is 76.8 cm³/mol. The standard InChI is InChI=1S/C17H26O/c1-2-3-4-5-6-11-17(18)16-10-8-7-9-15(16)14-12-13-14/h7-10,14,17-18H,2-6,11-13H2,1H3. The molecule has 1 heteroatoms. The molecule has 0 heterocycles. The molecule has 0 saturated heterocycles. The van der Waals surface area contributed by atoms with Gasteiger partial charge in [0.15, 0.2) is 0 Å². The SMILES string of the molecule is CCCCCCCC(O)c1ccccc1C1CC1. The van der Waals surface area contributed by atoms with Crippen molar-refractivity contribution in [1.29, 1.82) is 0 Å². The molecular weight excluding hydrogens is 220 g/mol. The van der Waals surface area contributed by atoms with Gasteiger partial charge < -0.3 is 5.11 Å². The van der Waals surface area contributed by atoms with Gasteiger partial charge in [0, 0.05) is 0 Å². The molecule has 0 radical (unpaired) electrons. The fourth-order valence-corrected chi connectivity index (χ4v) is 2.68. The van der Waals surface area contributed by atoms with Crippen LogP contribution in [0.25, 0.3) is 0 Å². The van der Waals surface area contributed by atoms with Crippen LogP contribution in [0.4, 0.5) is 0 Å². The Labute approximate surface area is 111 Å². The van der Waals surface area contributed by atoms with E-state index in [9.17, 15) is 5.11 Å². The van der Waals surface area contributed by atoms with Gasteiger partial charge in [-0.2, -0.15) is 0 Å². The van der Waals surface area contributed by atoms with Crippen molar-refractivity contribution in [2.24, 2.45) is 0 Å². The zero-order valence-corrected chi connectivity index (χ0v) is 11.6. The molecule has 0 spiro atoms. The molecule has 0 aliphatic heterocycles. The first-order chi connectivity index (χ1) is 8.83. The Balaban J connectivity index is 1.82. The number of hydrogen-bond acceptors (Lipinski definition) is 1. The van der Waals surface area contributed by atoms with Gasteiger partial charge >= 0.3 is 0 Å². The summed E-state index contributed by atoms with van der Waals surface area (Å²) >= 11 is 0. The maximum atomic E-state index is 10.3. The summed E-state index contributed by atoms with van der Waals surface area (Å²) in [6.07, 6.45) is 9.63. The number of aliphatic hydroxyl groups excluding tert-OH is 1. The molecule has 1 aromatic rings. The third-order valence-electron chi connectivity index (χ3n) is 3.95. The number of benzene rings is 1. The minimum Gasteiger partial charge on any atom is -0.388 e. The molecule has 1 aliphatic carbocycles. The molecule has 0 amide bonds. The van der Waals surface area contributed by atoms with Crippen LogP contribution in [0.15, 0.2) is 24.3 Å². The van der Waals surface area contributed by atoms with Gasteiger partial charge in [0.05, 0.1) is 6.10 Å². The van der Waals surface area contributed by atoms with Gasteiger partial charge in [0.2, 0.25) is 0 Å². The molecule has 2 rings (SSSR count). The summed E-state index contributed by atoms with van der Waals surface area (Å²) in [7, 11) is 0. The molecule has 1 nitrogen and oxygen atoms in total. The average Bonchev–Trinajstić information content (AvgIpc) is 3.22. The molecular formula is C17H26O. The third-order valence-corrected chi connectivity index (χ3v) is 3.95. The second-order valence-corrected chi connectivity index (χ2v) is 5.62. The lowest BCUT2D eigenvalue weighted by atomic mass is 9.95. The summed E-state index contributed by atoms with van der Waals surface area (Å²) in [6.45, 7) is 2.24. The second-order valence-electron chi connectivity index (χ2n) is 5.62. The molecule has 18 heavy (non-hydrogen) atoms. The van der Waals surface area contributed by atoms with Crippen LogP contribution in [-0.4, -0.2) is 5.11 Å². The number of rotatable bonds is 8. The summed E-state index contributed by atoms with van der Waals surface area (Å²) in [4.78, 5) is 0. The Morgan fingerprint density at radius 1 is 1.11 bits per heavy atom. The fraction of sp³-hybridized carbons (Fsp3) is 0.647. The van der Waals surface area contributed by atoms with Crippen LogP contribution in [0, 0.1) is 0 Å². The van der Waals surface area contributed by atoms with Crippen molar-refractivity contribution in [3.8, 4) is 0 Å². The number of aliphatic hydroxyl groups is 1. The first-order valence-electron chi connectivity index (χ1n) is 7.59. The summed E-state index contributed by atoms with van der Waals surface area (Å²) in [5.41, 5.74) is 2.59. The van der Waals surface area contributed by atoms with E-state index in [1.165, 1.54) is 49.7 Å². The van der Waals surface area contributed by atoms with Crippen LogP contribution in [0.2, 0.25) is 0 Å². The summed E-state index contributed by atoms with van der Waals surface area (Å²) in [5.74, 6) is 0.732. The number of unbranched alkanes of at least 4 members (excludes halogenated alkanes) is 4. The average molecular weight is 246 g/mol. The van der Waals surface area contributed by atoms with Crippen LogP contribution in [0.3, 0.4) is 0 Å². The van der Waals surface area contributed by atoms with E-state index in [1.54, 1.807) is 0 Å². The largest absolute Gasteiger partial charge is 0.388 e. The highest BCUT2D eigenvalue weighted by Crippen LogP contribution is 2.43. The minimum absolute atomic E-state index is 0.247. The van der Waals surface area contributed by atoms with Crippen molar-refractivity contribution in [2.75, 3.05) is 0 Å². The van der Waals surface area contributed by atoms with Crippen LogP contribution >= 0.6 is 0 Å². The zero-order valence-electron chi connectivity index (χ0n) is 11.6. The van der Waals surface area contributed by atoms with E-state index in [4.69, 9.17) is 0 Å². The lowest BCUT2D eigenvalue weighted by Gasteiger charge is -2.15. The zero-order chi connectivity index (χ0) is 12.8. The molecule has 0 aromatic heterocycles. The second kappa shape index (κ2) is 6.94. The summed E-state index contributed by atoms with van der Waals surface area (Å²) in [6, 6.07) is 8.48. The van der Waals surface area contributed by atoms with E-state index in [2.05, 4.69) is 31.2 Å². The van der Waals surface area contributed by atoms with Crippen LogP contribution in [0.5, 0.6) is 0 Å². The Morgan fingerprint density at radius 3 is 2.56 bits per heavy atom. The highest BCUT2D eigenvalue weighted by Gasteiger charge is 2.27. The molecule has 0 bridgehead atoms. The Morgan fingerprint density at radius 2 is 1.83 bits per heavy atom. The van der Waals surface area contributed by atoms with E-state index in [1.807, 2.05) is 0 Å². The van der Waals surface area contributed by atoms with Gasteiger partial charge in [-0.1, -0.05) is 63.3 Å². The van der Waals surface area contributed by atoms with E-state index in [-0.39, 0.29) is 6.10 Å². The van der Waals surface area contributed by atoms with Gasteiger partial charge in [0.1, 0.15) is 0 Å². The molecule has 1 aromatic carbocycles. The first-order valence-corrected chi connectivity index (χ1v) is 7.59. The topological polar surface area (TPSA) is 20.2 Å². The van der Waals surface area contributed by atoms with Gasteiger partial charge in [0.25, 0.3) is 0 Å². The first kappa shape index (κ1) is 13.6. The van der Waals surface area contributed by atoms with Crippen LogP contribution < -0.4 is 0 Å². The van der Waals surface area contributed by atoms with Crippen LogP contribution in [-0.2, 0) is 0 Å². The summed E-state index contributed by atoms with van der Waals surface area (Å²) < 4.78 is 0. The van der Waals surface area contributed by atoms with Crippen molar-refractivity contribution in [1.82, 2.24) is 0 Å². The lowest BCUT2D eigenvalue weighted by molar-refractivity contribution is 0.162. The molecule has 1 N–H and O–H groups in total. The van der Waals surface area contributed by atoms with Gasteiger partial charge in [-0.25, -0.2) is 0 Å². The van der Waals surface area contributed by atoms with Crippen molar-refractivity contribution in [3.63, 3.8) is 0 Å². The van der Waals surface area contributed by atoms with Crippen molar-refractivity contribution < 1.29 is 5.11 Å². The smallest absolute Gasteiger partial charge is 0.0792 e. The van der Waals surface area contributed by atoms with Crippen molar-refractivity contribution >= 4 is 0 Å². The third kappa shape index (κ3) is 3.84. The molecule has 1 unspecified atom stereocenters. The molecule has 1 aliphatic rings. The summed E-state index contributed by atoms with van der Waals surface area (Å²) in [5, 5.41) is 10.3. The van der Waals surface area contributed by atoms with Gasteiger partial charge in [-0.05, 0) is 36.3 Å². The minimum atomic E-state index is -0.247. The Bertz CT molecular complexity index is 354. The fourth-order valence-electron chi connectivity index (χ4n) is 2.68. The Kier molecular flexibility index (Phi) is 5.25. The van der Waals surface area contributed by atoms with Gasteiger partial charge in [-0.3, -0.25) is 0 Å². The maximum absolute atomic E-state index is 10.3. The van der Waals surface area contributed by atoms with Crippen molar-refractivity contribution in [3.05, 3.63) is 35.4 Å². The van der Waals surface area contributed by atoms with Gasteiger partial charge in [-0.15, -0.1) is 0 Å². The van der Waals surface area contributed by atoms with E-state index in [0.717, 1.165) is 18.8 Å². The predicted octanol–water partition coefficient (Wildman–Crippen LogP) is 4.96. The molecule has 1 saturated carbocycles. The monoisotopic (exact) mass is 246 g/mol. The number of hydrogen-bond donors (Lipinski definition) is 1. The maximum Gasteiger partial charge on any atom is 0.0792 e. The van der Waals surface area contributed by atoms with Crippen molar-refractivity contribution in [2.45, 2.75) is 70.3 Å². The lowest BCUT2D eigenvalue weighted by Crippen LogP contribution is -2.01. The van der Waals surface area contributed by atoms with E-state index >= 15 is 0 Å². The highest BCUT2D eigenvalue weighted by atomic mass is 16.3. The van der Waals surface area contributed by atoms with E-state index in [0.29, 0.717) is 0 Å². The van der Waals surface area contributed by atoms with E-state index < -0.39 is 0 Å². The highest BCUT2D eigenvalue weighted by molar-refractivity contribution is 5.34. The van der Waals surface area contributed by atoms with Crippen LogP contribution in [0.1, 0.15) is 81.4 Å². The normalized spacial score (nSPS) is 16.8. The quantitative estimate of drug-likeness (QED) is 0.643. The Hall–Kier alpha value is -0.820. The molecule has 1 fully saturated rings.